The van der Waals surface area contributed by atoms with E-state index in [0.717, 1.165) is 11.4 Å². The lowest BCUT2D eigenvalue weighted by molar-refractivity contribution is 0.194. The van der Waals surface area contributed by atoms with Gasteiger partial charge in [0.25, 0.3) is 0 Å². The summed E-state index contributed by atoms with van der Waals surface area (Å²) in [6, 6.07) is 9.15. The minimum Gasteiger partial charge on any atom is -0.493 e. The number of nitrogens with zero attached hydrogens (tertiary/aromatic N) is 2. The fourth-order valence-corrected chi connectivity index (χ4v) is 3.17. The zero-order valence-electron chi connectivity index (χ0n) is 13.2. The Morgan fingerprint density at radius 2 is 2.08 bits per heavy atom. The van der Waals surface area contributed by atoms with E-state index >= 15 is 0 Å². The van der Waals surface area contributed by atoms with Gasteiger partial charge in [-0.05, 0) is 18.2 Å². The molecule has 3 heterocycles. The predicted octanol–water partition coefficient (Wildman–Crippen LogP) is 2.25. The topological polar surface area (TPSA) is 79.0 Å². The molecule has 2 amide bonds. The Morgan fingerprint density at radius 3 is 2.92 bits per heavy atom. The summed E-state index contributed by atoms with van der Waals surface area (Å²) in [7, 11) is 1.60. The van der Waals surface area contributed by atoms with Gasteiger partial charge in [0.05, 0.1) is 25.7 Å². The number of hydrogen-bond donors (Lipinski definition) is 2. The monoisotopic (exact) mass is 326 g/mol. The van der Waals surface area contributed by atoms with Crippen LogP contribution in [0.2, 0.25) is 0 Å². The number of urea groups is 1. The average molecular weight is 326 g/mol. The number of aromatic amines is 1. The lowest BCUT2D eigenvalue weighted by atomic mass is 10.0. The molecule has 1 aromatic heterocycles. The molecule has 1 saturated heterocycles. The van der Waals surface area contributed by atoms with Crippen LogP contribution in [0.15, 0.2) is 41.5 Å². The van der Waals surface area contributed by atoms with Crippen molar-refractivity contribution in [2.24, 2.45) is 4.99 Å². The van der Waals surface area contributed by atoms with Crippen LogP contribution in [0.5, 0.6) is 11.5 Å². The van der Waals surface area contributed by atoms with Crippen molar-refractivity contribution in [3.05, 3.63) is 42.1 Å². The van der Waals surface area contributed by atoms with Crippen LogP contribution in [-0.4, -0.2) is 48.4 Å². The van der Waals surface area contributed by atoms with Crippen molar-refractivity contribution in [3.63, 3.8) is 0 Å². The molecule has 24 heavy (non-hydrogen) atoms. The Bertz CT molecular complexity index is 786. The highest BCUT2D eigenvalue weighted by molar-refractivity contribution is 5.87. The molecule has 2 aliphatic heterocycles. The summed E-state index contributed by atoms with van der Waals surface area (Å²) < 4.78 is 11.0. The largest absolute Gasteiger partial charge is 0.493 e. The number of fused-ring (bicyclic) bond motifs is 3. The molecule has 2 N–H and O–H groups in total. The molecular formula is C17H18N4O3. The van der Waals surface area contributed by atoms with E-state index in [0.29, 0.717) is 24.7 Å². The number of para-hydroxylation sites is 2. The number of H-pyrrole nitrogens is 1. The quantitative estimate of drug-likeness (QED) is 0.884. The number of amides is 2. The first-order chi connectivity index (χ1) is 11.8. The van der Waals surface area contributed by atoms with Gasteiger partial charge in [0.2, 0.25) is 0 Å². The molecule has 0 aliphatic carbocycles. The molecule has 0 spiro atoms. The number of methoxy groups -OCH3 is 1. The maximum Gasteiger partial charge on any atom is 0.318 e. The van der Waals surface area contributed by atoms with E-state index in [4.69, 9.17) is 9.47 Å². The fraction of sp³-hybridized carbons (Fsp3) is 0.294. The van der Waals surface area contributed by atoms with Crippen molar-refractivity contribution in [3.8, 4) is 11.5 Å². The first-order valence-corrected chi connectivity index (χ1v) is 7.82. The Kier molecular flexibility index (Phi) is 3.60. The van der Waals surface area contributed by atoms with Gasteiger partial charge in [-0.3, -0.25) is 0 Å². The molecule has 0 radical (unpaired) electrons. The number of hydrogen-bond acceptors (Lipinski definition) is 4. The summed E-state index contributed by atoms with van der Waals surface area (Å²) >= 11 is 0. The van der Waals surface area contributed by atoms with E-state index < -0.39 is 0 Å². The lowest BCUT2D eigenvalue weighted by Crippen LogP contribution is -2.39. The summed E-state index contributed by atoms with van der Waals surface area (Å²) in [5.74, 6) is 2.16. The van der Waals surface area contributed by atoms with Crippen molar-refractivity contribution in [2.75, 3.05) is 20.3 Å². The zero-order valence-corrected chi connectivity index (χ0v) is 13.2. The molecule has 124 valence electrons. The van der Waals surface area contributed by atoms with Crippen LogP contribution in [0.3, 0.4) is 0 Å². The average Bonchev–Trinajstić information content (AvgIpc) is 3.20. The summed E-state index contributed by atoms with van der Waals surface area (Å²) in [6.45, 7) is 0.849. The molecule has 0 saturated carbocycles. The highest BCUT2D eigenvalue weighted by Crippen LogP contribution is 2.35. The third-order valence-corrected chi connectivity index (χ3v) is 4.35. The zero-order chi connectivity index (χ0) is 16.5. The second-order valence-electron chi connectivity index (χ2n) is 5.67. The maximum absolute atomic E-state index is 12.3. The Labute approximate surface area is 139 Å². The van der Waals surface area contributed by atoms with E-state index in [1.165, 1.54) is 0 Å². The third-order valence-electron chi connectivity index (χ3n) is 4.35. The first-order valence-electron chi connectivity index (χ1n) is 7.82. The number of rotatable bonds is 5. The molecule has 2 aliphatic rings. The number of nitrogens with one attached hydrogen (secondary N) is 2. The van der Waals surface area contributed by atoms with Crippen molar-refractivity contribution < 1.29 is 14.3 Å². The molecule has 1 fully saturated rings. The van der Waals surface area contributed by atoms with E-state index in [1.807, 2.05) is 42.7 Å². The smallest absolute Gasteiger partial charge is 0.318 e. The van der Waals surface area contributed by atoms with Gasteiger partial charge >= 0.3 is 6.03 Å². The SMILES string of the molecule is COc1ccccc1OCCN1C(=O)NC2c3cc[nH]c3N=CC21. The molecule has 0 bridgehead atoms. The van der Waals surface area contributed by atoms with Crippen LogP contribution in [-0.2, 0) is 0 Å². The molecule has 7 nitrogen and oxygen atoms in total. The second-order valence-corrected chi connectivity index (χ2v) is 5.67. The number of aliphatic imine (C=N–C) groups is 1. The lowest BCUT2D eigenvalue weighted by Gasteiger charge is -2.25. The summed E-state index contributed by atoms with van der Waals surface area (Å²) in [5.41, 5.74) is 1.02. The summed E-state index contributed by atoms with van der Waals surface area (Å²) in [6.07, 6.45) is 3.65. The highest BCUT2D eigenvalue weighted by Gasteiger charge is 2.42. The van der Waals surface area contributed by atoms with Crippen molar-refractivity contribution in [2.45, 2.75) is 12.1 Å². The Balaban J connectivity index is 1.43. The van der Waals surface area contributed by atoms with Gasteiger partial charge in [0, 0.05) is 18.0 Å². The number of carbonyl (C=O) groups excluding carboxylic acids is 1. The van der Waals surface area contributed by atoms with Gasteiger partial charge in [-0.2, -0.15) is 0 Å². The first kappa shape index (κ1) is 14.6. The minimum atomic E-state index is -0.103. The van der Waals surface area contributed by atoms with Crippen molar-refractivity contribution >= 4 is 18.1 Å². The minimum absolute atomic E-state index is 0.0671. The fourth-order valence-electron chi connectivity index (χ4n) is 3.17. The standard InChI is InChI=1S/C17H18N4O3/c1-23-13-4-2-3-5-14(13)24-9-8-21-12-10-19-16-11(6-7-18-16)15(12)20-17(21)22/h2-7,10,12,15,18H,8-9H2,1H3,(H,20,22). The highest BCUT2D eigenvalue weighted by atomic mass is 16.5. The molecule has 4 rings (SSSR count). The summed E-state index contributed by atoms with van der Waals surface area (Å²) in [4.78, 5) is 21.5. The van der Waals surface area contributed by atoms with E-state index in [9.17, 15) is 4.79 Å². The van der Waals surface area contributed by atoms with Crippen LogP contribution in [0, 0.1) is 0 Å². The van der Waals surface area contributed by atoms with Crippen LogP contribution in [0.4, 0.5) is 10.6 Å². The van der Waals surface area contributed by atoms with Crippen LogP contribution >= 0.6 is 0 Å². The molecule has 1 aromatic carbocycles. The Morgan fingerprint density at radius 1 is 1.25 bits per heavy atom. The number of carbonyl (C=O) groups is 1. The van der Waals surface area contributed by atoms with Crippen LogP contribution in [0.25, 0.3) is 0 Å². The van der Waals surface area contributed by atoms with Gasteiger partial charge in [-0.1, -0.05) is 12.1 Å². The van der Waals surface area contributed by atoms with Gasteiger partial charge in [0.1, 0.15) is 12.4 Å². The normalized spacial score (nSPS) is 21.2. The summed E-state index contributed by atoms with van der Waals surface area (Å²) in [5, 5.41) is 3.01. The van der Waals surface area contributed by atoms with E-state index in [2.05, 4.69) is 15.3 Å². The molecule has 7 heteroatoms. The van der Waals surface area contributed by atoms with E-state index in [-0.39, 0.29) is 18.1 Å². The molecular weight excluding hydrogens is 308 g/mol. The number of ether oxygens (including phenoxy) is 2. The second kappa shape index (κ2) is 5.92. The number of benzene rings is 1. The van der Waals surface area contributed by atoms with Gasteiger partial charge < -0.3 is 24.7 Å². The molecule has 2 unspecified atom stereocenters. The van der Waals surface area contributed by atoms with Crippen LogP contribution < -0.4 is 14.8 Å². The predicted molar refractivity (Wildman–Crippen MR) is 89.2 cm³/mol. The molecule has 2 aromatic rings. The van der Waals surface area contributed by atoms with Crippen molar-refractivity contribution in [1.82, 2.24) is 15.2 Å². The van der Waals surface area contributed by atoms with E-state index in [1.54, 1.807) is 12.0 Å². The number of aromatic nitrogens is 1. The van der Waals surface area contributed by atoms with Crippen molar-refractivity contribution in [1.29, 1.82) is 0 Å². The van der Waals surface area contributed by atoms with Gasteiger partial charge in [-0.25, -0.2) is 9.79 Å². The molecule has 2 atom stereocenters. The van der Waals surface area contributed by atoms with Gasteiger partial charge in [-0.15, -0.1) is 0 Å². The van der Waals surface area contributed by atoms with Crippen LogP contribution in [0.1, 0.15) is 11.6 Å². The maximum atomic E-state index is 12.3. The Hall–Kier alpha value is -2.96. The van der Waals surface area contributed by atoms with Gasteiger partial charge in [0.15, 0.2) is 11.5 Å². The third kappa shape index (κ3) is 2.38.